The molecule has 6 bridgehead atoms. The highest BCUT2D eigenvalue weighted by Crippen LogP contribution is 2.47. The molecule has 10 atom stereocenters. The van der Waals surface area contributed by atoms with Crippen LogP contribution in [-0.2, 0) is 42.8 Å². The summed E-state index contributed by atoms with van der Waals surface area (Å²) in [7, 11) is 1.22. The quantitative estimate of drug-likeness (QED) is 0.0815. The first-order valence-corrected chi connectivity index (χ1v) is 20.1. The van der Waals surface area contributed by atoms with Crippen molar-refractivity contribution in [3.8, 4) is 0 Å². The number of carbonyl (C=O) groups excluding carboxylic acids is 3. The molecular weight excluding hydrogens is 712 g/mol. The lowest BCUT2D eigenvalue weighted by atomic mass is 9.73. The Bertz CT molecular complexity index is 1390. The average Bonchev–Trinajstić information content (AvgIpc) is 3.10. The Hall–Kier alpha value is -2.65. The Morgan fingerprint density at radius 1 is 0.945 bits per heavy atom. The molecule has 4 heterocycles. The van der Waals surface area contributed by atoms with Gasteiger partial charge in [-0.15, -0.1) is 0 Å². The molecule has 4 aliphatic heterocycles. The molecular formula is C42H66O13. The lowest BCUT2D eigenvalue weighted by Crippen LogP contribution is -2.62. The smallest absolute Gasteiger partial charge is 0.330 e. The van der Waals surface area contributed by atoms with E-state index in [1.54, 1.807) is 19.9 Å². The highest BCUT2D eigenvalue weighted by atomic mass is 16.7. The van der Waals surface area contributed by atoms with E-state index in [1.165, 1.54) is 13.2 Å². The van der Waals surface area contributed by atoms with Crippen LogP contribution in [0.3, 0.4) is 0 Å². The Morgan fingerprint density at radius 3 is 2.36 bits per heavy atom. The van der Waals surface area contributed by atoms with Crippen LogP contribution < -0.4 is 0 Å². The molecule has 4 aliphatic rings. The first-order valence-electron chi connectivity index (χ1n) is 20.1. The van der Waals surface area contributed by atoms with Crippen LogP contribution in [0.15, 0.2) is 36.0 Å². The van der Waals surface area contributed by atoms with Crippen LogP contribution in [0.5, 0.6) is 0 Å². The van der Waals surface area contributed by atoms with Gasteiger partial charge in [-0.3, -0.25) is 9.59 Å². The molecule has 55 heavy (non-hydrogen) atoms. The van der Waals surface area contributed by atoms with E-state index in [-0.39, 0.29) is 50.2 Å². The van der Waals surface area contributed by atoms with Crippen LogP contribution in [-0.4, -0.2) is 113 Å². The third-order valence-electron chi connectivity index (χ3n) is 11.7. The zero-order valence-corrected chi connectivity index (χ0v) is 33.7. The number of fused-ring (bicyclic) bond motifs is 6. The van der Waals surface area contributed by atoms with Crippen LogP contribution in [0, 0.1) is 10.8 Å². The van der Waals surface area contributed by atoms with Gasteiger partial charge in [-0.05, 0) is 31.3 Å². The zero-order valence-electron chi connectivity index (χ0n) is 33.7. The highest BCUT2D eigenvalue weighted by molar-refractivity contribution is 5.83. The van der Waals surface area contributed by atoms with Gasteiger partial charge >= 0.3 is 17.9 Å². The lowest BCUT2D eigenvalue weighted by molar-refractivity contribution is -0.327. The largest absolute Gasteiger partial charge is 0.466 e. The summed E-state index contributed by atoms with van der Waals surface area (Å²) in [6, 6.07) is 0. The van der Waals surface area contributed by atoms with E-state index < -0.39 is 90.0 Å². The summed E-state index contributed by atoms with van der Waals surface area (Å²) in [6.45, 7) is 13.1. The summed E-state index contributed by atoms with van der Waals surface area (Å²) in [5, 5.41) is 45.2. The van der Waals surface area contributed by atoms with Crippen molar-refractivity contribution in [3.05, 3.63) is 36.0 Å². The molecule has 0 amide bonds. The van der Waals surface area contributed by atoms with E-state index >= 15 is 0 Å². The number of cyclic esters (lactones) is 1. The molecule has 4 rings (SSSR count). The number of methoxy groups -OCH3 is 1. The van der Waals surface area contributed by atoms with Crippen molar-refractivity contribution in [2.24, 2.45) is 10.8 Å². The van der Waals surface area contributed by atoms with Gasteiger partial charge in [-0.2, -0.15) is 0 Å². The number of hydrogen-bond acceptors (Lipinski definition) is 13. The van der Waals surface area contributed by atoms with Crippen LogP contribution in [0.1, 0.15) is 125 Å². The number of unbranched alkanes of at least 4 members (excludes halogenated alkanes) is 4. The number of esters is 3. The first-order chi connectivity index (χ1) is 25.9. The lowest BCUT2D eigenvalue weighted by Gasteiger charge is -2.51. The summed E-state index contributed by atoms with van der Waals surface area (Å²) < 4.78 is 36.1. The summed E-state index contributed by atoms with van der Waals surface area (Å²) in [6.07, 6.45) is 3.77. The summed E-state index contributed by atoms with van der Waals surface area (Å²) >= 11 is 0. The Kier molecular flexibility index (Phi) is 16.1. The van der Waals surface area contributed by atoms with E-state index in [0.29, 0.717) is 25.7 Å². The van der Waals surface area contributed by atoms with Crippen molar-refractivity contribution in [3.63, 3.8) is 0 Å². The van der Waals surface area contributed by atoms with Crippen molar-refractivity contribution < 1.29 is 63.2 Å². The monoisotopic (exact) mass is 778 g/mol. The Morgan fingerprint density at radius 2 is 1.67 bits per heavy atom. The minimum Gasteiger partial charge on any atom is -0.466 e. The number of carbonyl (C=O) groups is 3. The molecule has 0 radical (unpaired) electrons. The predicted molar refractivity (Wildman–Crippen MR) is 202 cm³/mol. The number of hydrogen-bond donors (Lipinski definition) is 4. The van der Waals surface area contributed by atoms with Crippen LogP contribution in [0.2, 0.25) is 0 Å². The maximum absolute atomic E-state index is 13.4. The SMILES string of the molecule is C=C1C[C@H]2C[C@@H]3O[C@H](C[C@@H](O)CC(=O)O[C@@H](CO)C[C@@H]4C/C(=C\C(=O)OC)[C@H](OC(=O)CCCCCCC)[C@@](O)(O4)C(C)(C)/C=C/[C@@H](C1)O2)C[C@H](O)C3(C)C. The van der Waals surface area contributed by atoms with Crippen molar-refractivity contribution in [1.82, 2.24) is 0 Å². The standard InChI is InChI=1S/C42H66O13/c1-8-9-10-11-12-13-36(46)54-39-27(19-37(47)50-7)18-32-22-33(25-43)53-38(48)21-28(44)20-31-23-34(45)41(5,6)35(52-31)24-30-17-26(2)16-29(51-30)14-15-40(3,4)42(39,49)55-32/h14-15,19,28-35,39,43-45,49H,2,8-13,16-18,20-25H2,1,3-7H3/b15-14+,27-19+/t28-,29+,30+,31-,32+,33-,34+,35+,39+,42-/m1/s1. The van der Waals surface area contributed by atoms with Crippen LogP contribution >= 0.6 is 0 Å². The molecule has 13 nitrogen and oxygen atoms in total. The van der Waals surface area contributed by atoms with Crippen LogP contribution in [0.4, 0.5) is 0 Å². The first kappa shape index (κ1) is 45.1. The molecule has 13 heteroatoms. The van der Waals surface area contributed by atoms with Gasteiger partial charge in [-0.1, -0.05) is 84.6 Å². The van der Waals surface area contributed by atoms with E-state index in [1.807, 2.05) is 19.9 Å². The molecule has 0 aromatic carbocycles. The molecule has 0 aliphatic carbocycles. The minimum absolute atomic E-state index is 0.0194. The fraction of sp³-hybridized carbons (Fsp3) is 0.786. The van der Waals surface area contributed by atoms with Gasteiger partial charge in [-0.25, -0.2) is 4.79 Å². The predicted octanol–water partition coefficient (Wildman–Crippen LogP) is 4.91. The van der Waals surface area contributed by atoms with Gasteiger partial charge < -0.3 is 48.8 Å². The van der Waals surface area contributed by atoms with Gasteiger partial charge in [0.15, 0.2) is 6.10 Å². The second-order valence-electron chi connectivity index (χ2n) is 17.1. The molecule has 0 aromatic rings. The van der Waals surface area contributed by atoms with Crippen LogP contribution in [0.25, 0.3) is 0 Å². The molecule has 3 fully saturated rings. The molecule has 4 N–H and O–H groups in total. The van der Waals surface area contributed by atoms with Crippen molar-refractivity contribution >= 4 is 17.9 Å². The number of aliphatic hydroxyl groups excluding tert-OH is 3. The fourth-order valence-corrected chi connectivity index (χ4v) is 8.16. The van der Waals surface area contributed by atoms with Crippen molar-refractivity contribution in [1.29, 1.82) is 0 Å². The van der Waals surface area contributed by atoms with E-state index in [9.17, 15) is 34.8 Å². The Labute approximate surface area is 326 Å². The zero-order chi connectivity index (χ0) is 40.6. The minimum atomic E-state index is -2.26. The van der Waals surface area contributed by atoms with Gasteiger partial charge in [0.1, 0.15) is 6.10 Å². The second kappa shape index (κ2) is 19.7. The third kappa shape index (κ3) is 11.9. The molecule has 0 unspecified atom stereocenters. The summed E-state index contributed by atoms with van der Waals surface area (Å²) in [5.74, 6) is -4.31. The van der Waals surface area contributed by atoms with Gasteiger partial charge in [0, 0.05) is 49.0 Å². The van der Waals surface area contributed by atoms with E-state index in [2.05, 4.69) is 13.5 Å². The average molecular weight is 779 g/mol. The Balaban J connectivity index is 1.73. The molecule has 0 spiro atoms. The fourth-order valence-electron chi connectivity index (χ4n) is 8.16. The third-order valence-corrected chi connectivity index (χ3v) is 11.7. The highest BCUT2D eigenvalue weighted by Gasteiger charge is 2.57. The summed E-state index contributed by atoms with van der Waals surface area (Å²) in [5.41, 5.74) is -0.725. The van der Waals surface area contributed by atoms with Gasteiger partial charge in [0.2, 0.25) is 5.79 Å². The second-order valence-corrected chi connectivity index (χ2v) is 17.1. The van der Waals surface area contributed by atoms with Gasteiger partial charge in [0.05, 0.1) is 62.9 Å². The molecule has 312 valence electrons. The number of ether oxygens (including phenoxy) is 6. The summed E-state index contributed by atoms with van der Waals surface area (Å²) in [4.78, 5) is 39.2. The maximum Gasteiger partial charge on any atom is 0.330 e. The normalized spacial score (nSPS) is 37.0. The number of aliphatic hydroxyl groups is 4. The molecule has 3 saturated heterocycles. The maximum atomic E-state index is 13.4. The van der Waals surface area contributed by atoms with E-state index in [0.717, 1.165) is 31.3 Å². The molecule has 0 saturated carbocycles. The van der Waals surface area contributed by atoms with Gasteiger partial charge in [0.25, 0.3) is 0 Å². The van der Waals surface area contributed by atoms with E-state index in [4.69, 9.17) is 28.4 Å². The number of rotatable bonds is 9. The topological polar surface area (TPSA) is 188 Å². The van der Waals surface area contributed by atoms with Crippen molar-refractivity contribution in [2.75, 3.05) is 13.7 Å². The van der Waals surface area contributed by atoms with Crippen molar-refractivity contribution in [2.45, 2.75) is 185 Å². The molecule has 0 aromatic heterocycles.